The minimum atomic E-state index is -0.129. The van der Waals surface area contributed by atoms with Gasteiger partial charge in [0.25, 0.3) is 0 Å². The lowest BCUT2D eigenvalue weighted by molar-refractivity contribution is -0.140. The molecule has 0 saturated carbocycles. The first-order valence-corrected chi connectivity index (χ1v) is 8.46. The van der Waals surface area contributed by atoms with Gasteiger partial charge in [0.2, 0.25) is 0 Å². The Balaban J connectivity index is 0.00000288. The number of hydrogen-bond donors (Lipinski definition) is 1. The molecule has 0 bridgehead atoms. The third-order valence-corrected chi connectivity index (χ3v) is 4.01. The Bertz CT molecular complexity index is 549. The number of ether oxygens (including phenoxy) is 1. The highest BCUT2D eigenvalue weighted by molar-refractivity contribution is 14.0. The number of carbonyl (C=O) groups is 1. The quantitative estimate of drug-likeness (QED) is 0.230. The average Bonchev–Trinajstić information content (AvgIpc) is 3.00. The molecule has 1 N–H and O–H groups in total. The largest absolute Gasteiger partial charge is 0.469 e. The maximum Gasteiger partial charge on any atom is 0.305 e. The number of fused-ring (bicyclic) bond motifs is 1. The number of unbranched alkanes of at least 4 members (excludes halogenated alkanes) is 2. The Morgan fingerprint density at radius 3 is 2.83 bits per heavy atom. The van der Waals surface area contributed by atoms with Crippen LogP contribution in [0, 0.1) is 0 Å². The number of halogens is 1. The van der Waals surface area contributed by atoms with Crippen LogP contribution in [-0.2, 0) is 16.0 Å². The van der Waals surface area contributed by atoms with Crippen LogP contribution < -0.4 is 10.2 Å². The van der Waals surface area contributed by atoms with Crippen molar-refractivity contribution in [3.8, 4) is 0 Å². The molecule has 24 heavy (non-hydrogen) atoms. The Morgan fingerprint density at radius 1 is 1.29 bits per heavy atom. The zero-order valence-electron chi connectivity index (χ0n) is 14.6. The van der Waals surface area contributed by atoms with Gasteiger partial charge < -0.3 is 15.0 Å². The van der Waals surface area contributed by atoms with E-state index in [9.17, 15) is 4.79 Å². The van der Waals surface area contributed by atoms with Gasteiger partial charge in [0.15, 0.2) is 5.96 Å². The molecule has 0 radical (unpaired) electrons. The number of esters is 1. The lowest BCUT2D eigenvalue weighted by Crippen LogP contribution is -2.40. The highest BCUT2D eigenvalue weighted by Gasteiger charge is 2.22. The number of anilines is 1. The monoisotopic (exact) mass is 445 g/mol. The first kappa shape index (κ1) is 20.7. The lowest BCUT2D eigenvalue weighted by atomic mass is 10.2. The summed E-state index contributed by atoms with van der Waals surface area (Å²) in [5, 5.41) is 3.39. The van der Waals surface area contributed by atoms with Crippen LogP contribution in [0.3, 0.4) is 0 Å². The van der Waals surface area contributed by atoms with Crippen molar-refractivity contribution in [1.29, 1.82) is 0 Å². The Hall–Kier alpha value is -1.31. The smallest absolute Gasteiger partial charge is 0.305 e. The molecular weight excluding hydrogens is 417 g/mol. The molecule has 0 aliphatic carbocycles. The standard InChI is InChI=1S/C18H27N3O2.HI/c1-3-19-18(20-13-8-4-5-11-17(22)23-2)21-14-12-15-9-6-7-10-16(15)21;/h6-7,9-10H,3-5,8,11-14H2,1-2H3,(H,19,20);1H. The second-order valence-corrected chi connectivity index (χ2v) is 5.65. The van der Waals surface area contributed by atoms with Crippen LogP contribution in [0.2, 0.25) is 0 Å². The summed E-state index contributed by atoms with van der Waals surface area (Å²) >= 11 is 0. The van der Waals surface area contributed by atoms with Crippen molar-refractivity contribution < 1.29 is 9.53 Å². The van der Waals surface area contributed by atoms with E-state index >= 15 is 0 Å². The summed E-state index contributed by atoms with van der Waals surface area (Å²) in [6.45, 7) is 4.71. The number of rotatable bonds is 7. The lowest BCUT2D eigenvalue weighted by Gasteiger charge is -2.22. The van der Waals surface area contributed by atoms with Gasteiger partial charge in [-0.05, 0) is 37.8 Å². The van der Waals surface area contributed by atoms with E-state index in [2.05, 4.69) is 46.1 Å². The highest BCUT2D eigenvalue weighted by Crippen LogP contribution is 2.27. The SMILES string of the molecule is CCNC(=NCCCCCC(=O)OC)N1CCc2ccccc21.I. The van der Waals surface area contributed by atoms with E-state index < -0.39 is 0 Å². The molecule has 2 rings (SSSR count). The topological polar surface area (TPSA) is 53.9 Å². The number of para-hydroxylation sites is 1. The number of nitrogens with zero attached hydrogens (tertiary/aromatic N) is 2. The maximum atomic E-state index is 11.1. The van der Waals surface area contributed by atoms with Gasteiger partial charge in [0.1, 0.15) is 0 Å². The number of nitrogens with one attached hydrogen (secondary N) is 1. The van der Waals surface area contributed by atoms with Crippen molar-refractivity contribution in [2.45, 2.75) is 39.0 Å². The molecule has 134 valence electrons. The molecule has 1 aromatic rings. The maximum absolute atomic E-state index is 11.1. The second kappa shape index (κ2) is 11.3. The van der Waals surface area contributed by atoms with Gasteiger partial charge in [0, 0.05) is 31.7 Å². The molecule has 0 aromatic heterocycles. The molecule has 0 atom stereocenters. The third-order valence-electron chi connectivity index (χ3n) is 4.01. The van der Waals surface area contributed by atoms with Crippen molar-refractivity contribution in [3.05, 3.63) is 29.8 Å². The van der Waals surface area contributed by atoms with Gasteiger partial charge in [-0.1, -0.05) is 24.6 Å². The van der Waals surface area contributed by atoms with Gasteiger partial charge in [-0.3, -0.25) is 9.79 Å². The Kier molecular flexibility index (Phi) is 9.75. The van der Waals surface area contributed by atoms with Gasteiger partial charge in [-0.25, -0.2) is 0 Å². The first-order valence-electron chi connectivity index (χ1n) is 8.46. The minimum absolute atomic E-state index is 0. The van der Waals surface area contributed by atoms with Gasteiger partial charge >= 0.3 is 5.97 Å². The van der Waals surface area contributed by atoms with Crippen molar-refractivity contribution in [2.24, 2.45) is 4.99 Å². The summed E-state index contributed by atoms with van der Waals surface area (Å²) in [5.74, 6) is 0.834. The molecule has 6 heteroatoms. The molecule has 1 aromatic carbocycles. The highest BCUT2D eigenvalue weighted by atomic mass is 127. The zero-order chi connectivity index (χ0) is 16.5. The van der Waals surface area contributed by atoms with E-state index in [0.29, 0.717) is 6.42 Å². The normalized spacial score (nSPS) is 13.2. The minimum Gasteiger partial charge on any atom is -0.469 e. The fourth-order valence-electron chi connectivity index (χ4n) is 2.80. The summed E-state index contributed by atoms with van der Waals surface area (Å²) in [7, 11) is 1.43. The van der Waals surface area contributed by atoms with E-state index in [-0.39, 0.29) is 29.9 Å². The Morgan fingerprint density at radius 2 is 2.08 bits per heavy atom. The number of aliphatic imine (C=N–C) groups is 1. The van der Waals surface area contributed by atoms with Crippen LogP contribution in [0.1, 0.15) is 38.2 Å². The summed E-state index contributed by atoms with van der Waals surface area (Å²) in [6, 6.07) is 8.51. The Labute approximate surface area is 161 Å². The van der Waals surface area contributed by atoms with Crippen molar-refractivity contribution >= 4 is 41.6 Å². The summed E-state index contributed by atoms with van der Waals surface area (Å²) in [5.41, 5.74) is 2.65. The van der Waals surface area contributed by atoms with Gasteiger partial charge in [-0.2, -0.15) is 0 Å². The van der Waals surface area contributed by atoms with Crippen molar-refractivity contribution in [3.63, 3.8) is 0 Å². The van der Waals surface area contributed by atoms with Gasteiger partial charge in [0.05, 0.1) is 7.11 Å². The molecule has 1 aliphatic heterocycles. The van der Waals surface area contributed by atoms with E-state index in [4.69, 9.17) is 4.99 Å². The number of hydrogen-bond acceptors (Lipinski definition) is 3. The second-order valence-electron chi connectivity index (χ2n) is 5.65. The molecule has 5 nitrogen and oxygen atoms in total. The fraction of sp³-hybridized carbons (Fsp3) is 0.556. The molecule has 1 heterocycles. The summed E-state index contributed by atoms with van der Waals surface area (Å²) in [6.07, 6.45) is 4.42. The number of carbonyl (C=O) groups excluding carboxylic acids is 1. The molecule has 0 unspecified atom stereocenters. The summed E-state index contributed by atoms with van der Waals surface area (Å²) < 4.78 is 4.64. The number of methoxy groups -OCH3 is 1. The van der Waals surface area contributed by atoms with Gasteiger partial charge in [-0.15, -0.1) is 24.0 Å². The molecular formula is C18H28IN3O2. The van der Waals surface area contributed by atoms with E-state index in [0.717, 1.165) is 51.3 Å². The molecule has 0 fully saturated rings. The average molecular weight is 445 g/mol. The number of guanidine groups is 1. The third kappa shape index (κ3) is 5.96. The van der Waals surface area contributed by atoms with Crippen LogP contribution in [0.4, 0.5) is 5.69 Å². The van der Waals surface area contributed by atoms with Crippen LogP contribution in [-0.4, -0.2) is 38.7 Å². The van der Waals surface area contributed by atoms with Crippen LogP contribution in [0.5, 0.6) is 0 Å². The molecule has 0 saturated heterocycles. The zero-order valence-corrected chi connectivity index (χ0v) is 16.9. The molecule has 1 aliphatic rings. The van der Waals surface area contributed by atoms with Crippen molar-refractivity contribution in [2.75, 3.05) is 31.6 Å². The summed E-state index contributed by atoms with van der Waals surface area (Å²) in [4.78, 5) is 18.1. The fourth-order valence-corrected chi connectivity index (χ4v) is 2.80. The first-order chi connectivity index (χ1) is 11.3. The number of benzene rings is 1. The van der Waals surface area contributed by atoms with E-state index in [1.807, 2.05) is 0 Å². The van der Waals surface area contributed by atoms with E-state index in [1.54, 1.807) is 0 Å². The predicted molar refractivity (Wildman–Crippen MR) is 109 cm³/mol. The predicted octanol–water partition coefficient (Wildman–Crippen LogP) is 3.37. The molecule has 0 spiro atoms. The van der Waals surface area contributed by atoms with Crippen LogP contribution >= 0.6 is 24.0 Å². The van der Waals surface area contributed by atoms with E-state index in [1.165, 1.54) is 18.4 Å². The van der Waals surface area contributed by atoms with Crippen molar-refractivity contribution in [1.82, 2.24) is 5.32 Å². The van der Waals surface area contributed by atoms with Crippen LogP contribution in [0.25, 0.3) is 0 Å². The molecule has 0 amide bonds. The van der Waals surface area contributed by atoms with Crippen LogP contribution in [0.15, 0.2) is 29.3 Å².